The van der Waals surface area contributed by atoms with Crippen molar-refractivity contribution in [3.8, 4) is 42.8 Å². The van der Waals surface area contributed by atoms with Gasteiger partial charge in [0.1, 0.15) is 24.4 Å². The van der Waals surface area contributed by atoms with Crippen molar-refractivity contribution in [2.45, 2.75) is 257 Å². The Morgan fingerprint density at radius 2 is 0.623 bits per heavy atom. The second-order valence-corrected chi connectivity index (χ2v) is 20.6. The fourth-order valence-electron chi connectivity index (χ4n) is 8.11. The molecule has 0 aromatic rings. The summed E-state index contributed by atoms with van der Waals surface area (Å²) < 4.78 is 51.1. The average Bonchev–Trinajstić information content (AvgIpc) is 3.29. The molecule has 8 atom stereocenters. The van der Waals surface area contributed by atoms with E-state index >= 15 is 0 Å². The normalized spacial score (nSPS) is 24.7. The van der Waals surface area contributed by atoms with E-state index in [1.54, 1.807) is 0 Å². The molecule has 0 bridgehead atoms. The second-order valence-electron chi connectivity index (χ2n) is 17.7. The molecule has 344 valence electrons. The molecule has 0 aromatic carbocycles. The first-order valence-corrected chi connectivity index (χ1v) is 27.7. The van der Waals surface area contributed by atoms with Gasteiger partial charge in [-0.05, 0) is 128 Å². The Morgan fingerprint density at radius 3 is 0.820 bits per heavy atom. The maximum absolute atomic E-state index is 6.67. The molecule has 4 heterocycles. The molecule has 4 aliphatic heterocycles. The van der Waals surface area contributed by atoms with Gasteiger partial charge in [0.05, 0.1) is 0 Å². The maximum Gasteiger partial charge on any atom is 0.485 e. The van der Waals surface area contributed by atoms with Gasteiger partial charge in [0.15, 0.2) is 25.2 Å². The van der Waals surface area contributed by atoms with Crippen LogP contribution in [0, 0.1) is 42.8 Å². The summed E-state index contributed by atoms with van der Waals surface area (Å²) in [4.78, 5) is 15.1. The van der Waals surface area contributed by atoms with Gasteiger partial charge in [-0.2, -0.15) is 0 Å². The lowest BCUT2D eigenvalue weighted by Crippen LogP contribution is -2.34. The monoisotopic (exact) mass is 864 g/mol. The predicted octanol–water partition coefficient (Wildman–Crippen LogP) is 11.6. The Kier molecular flexibility index (Phi) is 28.2. The van der Waals surface area contributed by atoms with Crippen LogP contribution < -0.4 is 0 Å². The molecule has 0 aromatic heterocycles. The van der Waals surface area contributed by atoms with Crippen molar-refractivity contribution in [1.29, 1.82) is 0 Å². The lowest BCUT2D eigenvalue weighted by molar-refractivity contribution is -0.177. The molecule has 4 fully saturated rings. The van der Waals surface area contributed by atoms with Crippen molar-refractivity contribution in [2.75, 3.05) is 26.4 Å². The molecule has 0 radical (unpaired) electrons. The van der Waals surface area contributed by atoms with Gasteiger partial charge < -0.3 is 57.0 Å². The summed E-state index contributed by atoms with van der Waals surface area (Å²) in [7, 11) is 0. The number of unbranched alkanes of at least 4 members (excludes halogenated alkanes) is 8. The van der Waals surface area contributed by atoms with Crippen LogP contribution in [0.1, 0.15) is 207 Å². The molecular weight excluding hydrogens is 780 g/mol. The summed E-state index contributed by atoms with van der Waals surface area (Å²) in [5.41, 5.74) is 0. The molecule has 4 aliphatic rings. The third-order valence-corrected chi connectivity index (χ3v) is 14.3. The number of rotatable bonds is 24. The van der Waals surface area contributed by atoms with Crippen LogP contribution in [0.15, 0.2) is 0 Å². The van der Waals surface area contributed by atoms with Crippen LogP contribution in [-0.2, 0) is 37.9 Å². The highest BCUT2D eigenvalue weighted by Gasteiger charge is 2.28. The Balaban J connectivity index is 1.86. The van der Waals surface area contributed by atoms with E-state index in [-0.39, 0.29) is 49.6 Å². The maximum atomic E-state index is 6.67. The average molecular weight is 864 g/mol. The zero-order valence-corrected chi connectivity index (χ0v) is 40.2. The Bertz CT molecular complexity index is 1170. The fraction of sp³-hybridized carbons (Fsp3) is 0.846. The van der Waals surface area contributed by atoms with Gasteiger partial charge in [0.25, 0.3) is 0 Å². The van der Waals surface area contributed by atoms with Crippen LogP contribution in [-0.4, -0.2) is 89.1 Å². The van der Waals surface area contributed by atoms with Crippen LogP contribution in [0.2, 0.25) is 0 Å². The lowest BCUT2D eigenvalue weighted by atomic mass is 10.1. The molecule has 4 saturated heterocycles. The Morgan fingerprint density at radius 1 is 0.377 bits per heavy atom. The smallest absolute Gasteiger partial charge is 0.353 e. The molecule has 8 unspecified atom stereocenters. The molecular formula is C52H84AlO8-. The SMILES string of the molecule is CCCCCC(C#[C][Al-]([C]#CC(CCCCC)OC1CCCCO1)([C]#CC(CCCCC)OC1CCCCO1)[C]#CC(CCCCC)OC1CCCCO1)OC1CCCCO1. The molecule has 0 saturated carbocycles. The van der Waals surface area contributed by atoms with Crippen LogP contribution in [0.5, 0.6) is 0 Å². The summed E-state index contributed by atoms with van der Waals surface area (Å²) in [5, 5.41) is 0. The lowest BCUT2D eigenvalue weighted by Gasteiger charge is -2.27. The van der Waals surface area contributed by atoms with Gasteiger partial charge in [-0.25, -0.2) is 0 Å². The van der Waals surface area contributed by atoms with E-state index in [2.05, 4.69) is 70.5 Å². The molecule has 61 heavy (non-hydrogen) atoms. The van der Waals surface area contributed by atoms with Crippen molar-refractivity contribution < 1.29 is 37.9 Å². The third-order valence-electron chi connectivity index (χ3n) is 11.9. The van der Waals surface area contributed by atoms with E-state index < -0.39 is 13.1 Å². The highest BCUT2D eigenvalue weighted by Crippen LogP contribution is 2.22. The van der Waals surface area contributed by atoms with Crippen molar-refractivity contribution in [3.63, 3.8) is 0 Å². The largest absolute Gasteiger partial charge is 0.485 e. The third kappa shape index (κ3) is 22.8. The Hall–Kier alpha value is -1.55. The molecule has 8 nitrogen and oxygen atoms in total. The van der Waals surface area contributed by atoms with Crippen molar-refractivity contribution in [2.24, 2.45) is 0 Å². The molecule has 4 rings (SSSR count). The first-order valence-electron chi connectivity index (χ1n) is 25.4. The summed E-state index contributed by atoms with van der Waals surface area (Å²) in [6.45, 7) is 11.8. The van der Waals surface area contributed by atoms with Gasteiger partial charge in [-0.3, -0.25) is 0 Å². The zero-order chi connectivity index (χ0) is 43.1. The van der Waals surface area contributed by atoms with E-state index in [4.69, 9.17) is 37.9 Å². The highest BCUT2D eigenvalue weighted by atomic mass is 27.2. The molecule has 0 spiro atoms. The molecule has 0 aliphatic carbocycles. The molecule has 0 N–H and O–H groups in total. The highest BCUT2D eigenvalue weighted by molar-refractivity contribution is 7.06. The van der Waals surface area contributed by atoms with Gasteiger partial charge in [0, 0.05) is 26.4 Å². The van der Waals surface area contributed by atoms with Crippen molar-refractivity contribution in [3.05, 3.63) is 0 Å². The number of hydrogen-bond donors (Lipinski definition) is 0. The van der Waals surface area contributed by atoms with E-state index in [1.165, 1.54) is 0 Å². The standard InChI is InChI=1S/4C13H21O2.Al/c4*1-3-5-6-9-12(4-2)15-13-10-7-8-11-14-13;/h4*12-13H,3,5-11H2,1H3;/q;;;;-1. The Labute approximate surface area is 375 Å². The zero-order valence-electron chi connectivity index (χ0n) is 39.1. The topological polar surface area (TPSA) is 73.8 Å². The van der Waals surface area contributed by atoms with Crippen LogP contribution >= 0.6 is 0 Å². The summed E-state index contributed by atoms with van der Waals surface area (Å²) in [6.07, 6.45) is 26.4. The fourth-order valence-corrected chi connectivity index (χ4v) is 10.3. The van der Waals surface area contributed by atoms with E-state index in [1.807, 2.05) is 0 Å². The van der Waals surface area contributed by atoms with E-state index in [9.17, 15) is 0 Å². The van der Waals surface area contributed by atoms with Gasteiger partial charge >= 0.3 is 13.1 Å². The quantitative estimate of drug-likeness (QED) is 0.0540. The van der Waals surface area contributed by atoms with Gasteiger partial charge in [-0.1, -0.05) is 79.1 Å². The second kappa shape index (κ2) is 33.0. The summed E-state index contributed by atoms with van der Waals surface area (Å²) in [6, 6.07) is 0. The first kappa shape index (κ1) is 52.1. The minimum atomic E-state index is -3.85. The number of hydrogen-bond acceptors (Lipinski definition) is 8. The van der Waals surface area contributed by atoms with E-state index in [0.717, 1.165) is 206 Å². The minimum Gasteiger partial charge on any atom is -0.353 e. The minimum absolute atomic E-state index is 0.247. The molecule has 9 heteroatoms. The summed E-state index contributed by atoms with van der Waals surface area (Å²) >= 11 is -3.85. The summed E-state index contributed by atoms with van der Waals surface area (Å²) in [5.74, 6) is 14.6. The number of ether oxygens (including phenoxy) is 8. The van der Waals surface area contributed by atoms with E-state index in [0.29, 0.717) is 0 Å². The molecule has 0 amide bonds. The van der Waals surface area contributed by atoms with Crippen LogP contribution in [0.25, 0.3) is 0 Å². The van der Waals surface area contributed by atoms with Gasteiger partial charge in [-0.15, -0.1) is 23.7 Å². The van der Waals surface area contributed by atoms with Crippen molar-refractivity contribution >= 4 is 13.1 Å². The van der Waals surface area contributed by atoms with Crippen molar-refractivity contribution in [1.82, 2.24) is 0 Å². The first-order chi connectivity index (χ1) is 30.0. The van der Waals surface area contributed by atoms with Crippen LogP contribution in [0.4, 0.5) is 0 Å². The van der Waals surface area contributed by atoms with Crippen LogP contribution in [0.3, 0.4) is 0 Å². The van der Waals surface area contributed by atoms with Gasteiger partial charge in [0.2, 0.25) is 0 Å². The predicted molar refractivity (Wildman–Crippen MR) is 247 cm³/mol.